The SMILES string of the molecule is Cc1cccc(C)c1COC1(CN)CCC(C)CC1. The molecule has 1 fully saturated rings. The average molecular weight is 261 g/mol. The lowest BCUT2D eigenvalue weighted by atomic mass is 9.79. The van der Waals surface area contributed by atoms with Gasteiger partial charge >= 0.3 is 0 Å². The summed E-state index contributed by atoms with van der Waals surface area (Å²) in [5.74, 6) is 0.823. The predicted octanol–water partition coefficient (Wildman–Crippen LogP) is 3.73. The van der Waals surface area contributed by atoms with E-state index in [1.54, 1.807) is 0 Å². The summed E-state index contributed by atoms with van der Waals surface area (Å²) in [6.07, 6.45) is 4.69. The molecule has 0 radical (unpaired) electrons. The second-order valence-electron chi connectivity index (χ2n) is 6.23. The highest BCUT2D eigenvalue weighted by atomic mass is 16.5. The van der Waals surface area contributed by atoms with Gasteiger partial charge in [-0.1, -0.05) is 25.1 Å². The summed E-state index contributed by atoms with van der Waals surface area (Å²) in [5.41, 5.74) is 9.88. The highest BCUT2D eigenvalue weighted by Gasteiger charge is 2.33. The third kappa shape index (κ3) is 3.37. The molecule has 0 unspecified atom stereocenters. The first-order valence-corrected chi connectivity index (χ1v) is 7.45. The first-order valence-electron chi connectivity index (χ1n) is 7.45. The standard InChI is InChI=1S/C17H27NO/c1-13-7-9-17(12-18,10-8-13)19-11-16-14(2)5-4-6-15(16)3/h4-6,13H,7-12,18H2,1-3H3. The van der Waals surface area contributed by atoms with Crippen molar-refractivity contribution < 1.29 is 4.74 Å². The molecular weight excluding hydrogens is 234 g/mol. The van der Waals surface area contributed by atoms with Gasteiger partial charge in [-0.05, 0) is 62.1 Å². The Morgan fingerprint density at radius 1 is 1.21 bits per heavy atom. The molecule has 0 bridgehead atoms. The van der Waals surface area contributed by atoms with Crippen LogP contribution >= 0.6 is 0 Å². The first-order chi connectivity index (χ1) is 9.06. The molecule has 1 aromatic carbocycles. The van der Waals surface area contributed by atoms with Crippen molar-refractivity contribution >= 4 is 0 Å². The number of nitrogens with two attached hydrogens (primary N) is 1. The van der Waals surface area contributed by atoms with Crippen LogP contribution in [0.1, 0.15) is 49.3 Å². The number of aryl methyl sites for hydroxylation is 2. The molecule has 0 spiro atoms. The third-order valence-corrected chi connectivity index (χ3v) is 4.72. The van der Waals surface area contributed by atoms with E-state index in [1.807, 2.05) is 0 Å². The molecule has 19 heavy (non-hydrogen) atoms. The number of benzene rings is 1. The van der Waals surface area contributed by atoms with Gasteiger partial charge in [0.2, 0.25) is 0 Å². The Morgan fingerprint density at radius 2 is 1.79 bits per heavy atom. The van der Waals surface area contributed by atoms with E-state index < -0.39 is 0 Å². The molecule has 1 aliphatic rings. The Kier molecular flexibility index (Phi) is 4.64. The summed E-state index contributed by atoms with van der Waals surface area (Å²) < 4.78 is 6.29. The van der Waals surface area contributed by atoms with Crippen LogP contribution < -0.4 is 5.73 Å². The number of hydrogen-bond donors (Lipinski definition) is 1. The van der Waals surface area contributed by atoms with Gasteiger partial charge in [0.25, 0.3) is 0 Å². The Morgan fingerprint density at radius 3 is 2.32 bits per heavy atom. The molecule has 1 saturated carbocycles. The molecule has 0 aliphatic heterocycles. The van der Waals surface area contributed by atoms with Crippen molar-refractivity contribution in [3.63, 3.8) is 0 Å². The highest BCUT2D eigenvalue weighted by Crippen LogP contribution is 2.35. The molecule has 0 atom stereocenters. The van der Waals surface area contributed by atoms with E-state index in [2.05, 4.69) is 39.0 Å². The van der Waals surface area contributed by atoms with Crippen LogP contribution in [-0.4, -0.2) is 12.1 Å². The molecular formula is C17H27NO. The maximum Gasteiger partial charge on any atom is 0.0808 e. The minimum atomic E-state index is -0.0821. The van der Waals surface area contributed by atoms with Gasteiger partial charge in [0.15, 0.2) is 0 Å². The molecule has 1 aromatic rings. The fourth-order valence-electron chi connectivity index (χ4n) is 3.00. The maximum absolute atomic E-state index is 6.29. The monoisotopic (exact) mass is 261 g/mol. The molecule has 0 aromatic heterocycles. The van der Waals surface area contributed by atoms with Crippen molar-refractivity contribution in [2.45, 2.75) is 58.7 Å². The Balaban J connectivity index is 2.04. The lowest BCUT2D eigenvalue weighted by molar-refractivity contribution is -0.0802. The van der Waals surface area contributed by atoms with Crippen LogP contribution in [0.3, 0.4) is 0 Å². The van der Waals surface area contributed by atoms with Gasteiger partial charge in [-0.2, -0.15) is 0 Å². The molecule has 2 nitrogen and oxygen atoms in total. The molecule has 106 valence electrons. The van der Waals surface area contributed by atoms with Crippen molar-refractivity contribution in [2.75, 3.05) is 6.54 Å². The van der Waals surface area contributed by atoms with Gasteiger partial charge in [0, 0.05) is 6.54 Å². The van der Waals surface area contributed by atoms with Crippen molar-refractivity contribution in [2.24, 2.45) is 11.7 Å². The summed E-state index contributed by atoms with van der Waals surface area (Å²) in [4.78, 5) is 0. The fourth-order valence-corrected chi connectivity index (χ4v) is 3.00. The molecule has 0 amide bonds. The molecule has 2 N–H and O–H groups in total. The van der Waals surface area contributed by atoms with E-state index >= 15 is 0 Å². The molecule has 0 saturated heterocycles. The van der Waals surface area contributed by atoms with Gasteiger partial charge in [0.1, 0.15) is 0 Å². The van der Waals surface area contributed by atoms with E-state index in [4.69, 9.17) is 10.5 Å². The summed E-state index contributed by atoms with van der Waals surface area (Å²) >= 11 is 0. The van der Waals surface area contributed by atoms with Crippen LogP contribution in [0.5, 0.6) is 0 Å². The summed E-state index contributed by atoms with van der Waals surface area (Å²) in [5, 5.41) is 0. The first kappa shape index (κ1) is 14.5. The summed E-state index contributed by atoms with van der Waals surface area (Å²) in [7, 11) is 0. The van der Waals surface area contributed by atoms with Crippen LogP contribution in [0, 0.1) is 19.8 Å². The zero-order valence-electron chi connectivity index (χ0n) is 12.5. The van der Waals surface area contributed by atoms with E-state index in [9.17, 15) is 0 Å². The van der Waals surface area contributed by atoms with Gasteiger partial charge in [-0.15, -0.1) is 0 Å². The maximum atomic E-state index is 6.29. The van der Waals surface area contributed by atoms with Crippen LogP contribution in [0.25, 0.3) is 0 Å². The van der Waals surface area contributed by atoms with E-state index in [1.165, 1.54) is 29.5 Å². The van der Waals surface area contributed by atoms with Gasteiger partial charge < -0.3 is 10.5 Å². The van der Waals surface area contributed by atoms with Crippen molar-refractivity contribution in [1.82, 2.24) is 0 Å². The summed E-state index contributed by atoms with van der Waals surface area (Å²) in [6, 6.07) is 6.42. The van der Waals surface area contributed by atoms with Gasteiger partial charge in [-0.25, -0.2) is 0 Å². The zero-order valence-corrected chi connectivity index (χ0v) is 12.5. The van der Waals surface area contributed by atoms with Crippen molar-refractivity contribution in [3.8, 4) is 0 Å². The molecule has 0 heterocycles. The van der Waals surface area contributed by atoms with Gasteiger partial charge in [0.05, 0.1) is 12.2 Å². The zero-order chi connectivity index (χ0) is 13.9. The Labute approximate surface area is 117 Å². The normalized spacial score (nSPS) is 27.5. The smallest absolute Gasteiger partial charge is 0.0808 e. The molecule has 2 rings (SSSR count). The second-order valence-corrected chi connectivity index (χ2v) is 6.23. The third-order valence-electron chi connectivity index (χ3n) is 4.72. The number of ether oxygens (including phenoxy) is 1. The number of hydrogen-bond acceptors (Lipinski definition) is 2. The fraction of sp³-hybridized carbons (Fsp3) is 0.647. The second kappa shape index (κ2) is 6.06. The highest BCUT2D eigenvalue weighted by molar-refractivity contribution is 5.32. The van der Waals surface area contributed by atoms with Gasteiger partial charge in [-0.3, -0.25) is 0 Å². The van der Waals surface area contributed by atoms with E-state index in [-0.39, 0.29) is 5.60 Å². The summed E-state index contributed by atoms with van der Waals surface area (Å²) in [6.45, 7) is 7.98. The largest absolute Gasteiger partial charge is 0.369 e. The average Bonchev–Trinajstić information content (AvgIpc) is 2.41. The lowest BCUT2D eigenvalue weighted by Crippen LogP contribution is -2.43. The lowest BCUT2D eigenvalue weighted by Gasteiger charge is -2.38. The molecule has 2 heteroatoms. The molecule has 1 aliphatic carbocycles. The van der Waals surface area contributed by atoms with Crippen LogP contribution in [0.15, 0.2) is 18.2 Å². The topological polar surface area (TPSA) is 35.2 Å². The van der Waals surface area contributed by atoms with Crippen LogP contribution in [-0.2, 0) is 11.3 Å². The van der Waals surface area contributed by atoms with Crippen LogP contribution in [0.4, 0.5) is 0 Å². The van der Waals surface area contributed by atoms with Crippen LogP contribution in [0.2, 0.25) is 0 Å². The predicted molar refractivity (Wildman–Crippen MR) is 80.1 cm³/mol. The van der Waals surface area contributed by atoms with E-state index in [0.29, 0.717) is 13.2 Å². The van der Waals surface area contributed by atoms with E-state index in [0.717, 1.165) is 18.8 Å². The Hall–Kier alpha value is -0.860. The Bertz CT molecular complexity index is 399. The van der Waals surface area contributed by atoms with Crippen molar-refractivity contribution in [1.29, 1.82) is 0 Å². The minimum Gasteiger partial charge on any atom is -0.369 e. The quantitative estimate of drug-likeness (QED) is 0.896. The number of rotatable bonds is 4. The minimum absolute atomic E-state index is 0.0821. The van der Waals surface area contributed by atoms with Crippen molar-refractivity contribution in [3.05, 3.63) is 34.9 Å².